The molecule has 1 saturated heterocycles. The topological polar surface area (TPSA) is 97.6 Å². The van der Waals surface area contributed by atoms with E-state index in [1.165, 1.54) is 12.1 Å². The molecule has 11 heteroatoms. The zero-order chi connectivity index (χ0) is 27.2. The van der Waals surface area contributed by atoms with Crippen molar-refractivity contribution in [1.29, 1.82) is 0 Å². The number of amides is 1. The Morgan fingerprint density at radius 2 is 1.92 bits per heavy atom. The lowest BCUT2D eigenvalue weighted by Gasteiger charge is -2.34. The van der Waals surface area contributed by atoms with Gasteiger partial charge in [-0.15, -0.1) is 0 Å². The number of hydrogen-bond acceptors (Lipinski definition) is 6. The lowest BCUT2D eigenvalue weighted by Crippen LogP contribution is -2.48. The third-order valence-electron chi connectivity index (χ3n) is 6.23. The Hall–Kier alpha value is -3.86. The van der Waals surface area contributed by atoms with E-state index in [1.807, 2.05) is 50.4 Å². The largest absolute Gasteiger partial charge is 0.444 e. The molecule has 3 aromatic heterocycles. The van der Waals surface area contributed by atoms with E-state index in [0.29, 0.717) is 30.3 Å². The number of aryl methyl sites for hydroxylation is 2. The van der Waals surface area contributed by atoms with Crippen LogP contribution in [0, 0.1) is 25.5 Å². The van der Waals surface area contributed by atoms with Gasteiger partial charge in [0.2, 0.25) is 0 Å². The molecule has 0 unspecified atom stereocenters. The van der Waals surface area contributed by atoms with Crippen LogP contribution in [0.4, 0.5) is 13.6 Å². The molecule has 1 aliphatic rings. The first kappa shape index (κ1) is 25.8. The highest BCUT2D eigenvalue weighted by molar-refractivity contribution is 5.72. The minimum Gasteiger partial charge on any atom is -0.444 e. The van der Waals surface area contributed by atoms with E-state index < -0.39 is 29.4 Å². The molecule has 9 nitrogen and oxygen atoms in total. The van der Waals surface area contributed by atoms with Crippen molar-refractivity contribution in [1.82, 2.24) is 29.5 Å². The van der Waals surface area contributed by atoms with Gasteiger partial charge in [0.15, 0.2) is 5.82 Å². The number of halogens is 2. The van der Waals surface area contributed by atoms with Crippen LogP contribution in [0.15, 0.2) is 30.5 Å². The molecule has 0 bridgehead atoms. The summed E-state index contributed by atoms with van der Waals surface area (Å²) in [6.45, 7) is 10.1. The molecule has 1 fully saturated rings. The third-order valence-corrected chi connectivity index (χ3v) is 6.23. The van der Waals surface area contributed by atoms with Gasteiger partial charge in [-0.2, -0.15) is 5.10 Å². The highest BCUT2D eigenvalue weighted by atomic mass is 19.1. The van der Waals surface area contributed by atoms with Crippen molar-refractivity contribution in [3.63, 3.8) is 0 Å². The second-order valence-electron chi connectivity index (χ2n) is 10.5. The molecule has 0 aliphatic carbocycles. The molecule has 0 radical (unpaired) electrons. The van der Waals surface area contributed by atoms with Crippen molar-refractivity contribution in [3.05, 3.63) is 59.2 Å². The highest BCUT2D eigenvalue weighted by Gasteiger charge is 2.31. The van der Waals surface area contributed by atoms with Gasteiger partial charge in [0.25, 0.3) is 0 Å². The van der Waals surface area contributed by atoms with Crippen LogP contribution < -0.4 is 0 Å². The van der Waals surface area contributed by atoms with Gasteiger partial charge in [0.1, 0.15) is 28.7 Å². The number of nitrogens with zero attached hydrogens (tertiary/aromatic N) is 5. The van der Waals surface area contributed by atoms with E-state index in [-0.39, 0.29) is 35.6 Å². The summed E-state index contributed by atoms with van der Waals surface area (Å²) in [5.74, 6) is -0.807. The standard InChI is InChI=1S/C27H30F2N6O3/c1-15-6-7-35-21(13-18-14-34(8-9-37-18)26(36)38-27(3,4)5)24(31-22(35)10-15)23-19(28)11-17(12-20(23)29)25-30-16(2)32-33-25/h6-7,10-12,18H,8-9,13-14H2,1-5H3,(H,30,32,33)/t18-/m0/s1. The summed E-state index contributed by atoms with van der Waals surface area (Å²) in [5, 5.41) is 6.69. The zero-order valence-corrected chi connectivity index (χ0v) is 22.0. The average molecular weight is 525 g/mol. The number of aromatic nitrogens is 5. The number of H-pyrrole nitrogens is 1. The van der Waals surface area contributed by atoms with Gasteiger partial charge < -0.3 is 18.8 Å². The van der Waals surface area contributed by atoms with E-state index in [0.717, 1.165) is 5.56 Å². The predicted molar refractivity (Wildman–Crippen MR) is 137 cm³/mol. The number of carbonyl (C=O) groups is 1. The molecule has 0 spiro atoms. The SMILES string of the molecule is Cc1ccn2c(C[C@H]3CN(C(=O)OC(C)(C)C)CCO3)c(-c3c(F)cc(-c4n[nH]c(C)n4)cc3F)nc2c1. The summed E-state index contributed by atoms with van der Waals surface area (Å²) in [4.78, 5) is 23.1. The molecule has 1 atom stereocenters. The lowest BCUT2D eigenvalue weighted by atomic mass is 10.0. The van der Waals surface area contributed by atoms with Crippen LogP contribution in [-0.4, -0.2) is 67.0 Å². The van der Waals surface area contributed by atoms with Gasteiger partial charge in [0.05, 0.1) is 36.2 Å². The van der Waals surface area contributed by atoms with Crippen LogP contribution in [0.25, 0.3) is 28.3 Å². The van der Waals surface area contributed by atoms with Crippen molar-refractivity contribution in [2.24, 2.45) is 0 Å². The van der Waals surface area contributed by atoms with Crippen LogP contribution in [0.2, 0.25) is 0 Å². The summed E-state index contributed by atoms with van der Waals surface area (Å²) in [6, 6.07) is 6.17. The fraction of sp³-hybridized carbons (Fsp3) is 0.407. The number of nitrogens with one attached hydrogen (secondary N) is 1. The fourth-order valence-corrected chi connectivity index (χ4v) is 4.54. The molecule has 1 aromatic carbocycles. The van der Waals surface area contributed by atoms with Crippen molar-refractivity contribution in [3.8, 4) is 22.6 Å². The molecular weight excluding hydrogens is 494 g/mol. The maximum absolute atomic E-state index is 15.5. The monoisotopic (exact) mass is 524 g/mol. The van der Waals surface area contributed by atoms with Crippen LogP contribution in [0.3, 0.4) is 0 Å². The van der Waals surface area contributed by atoms with Gasteiger partial charge in [0, 0.05) is 24.7 Å². The summed E-state index contributed by atoms with van der Waals surface area (Å²) < 4.78 is 44.3. The number of fused-ring (bicyclic) bond motifs is 1. The number of carbonyl (C=O) groups excluding carboxylic acids is 1. The van der Waals surface area contributed by atoms with Gasteiger partial charge in [-0.1, -0.05) is 0 Å². The number of aromatic amines is 1. The van der Waals surface area contributed by atoms with Crippen LogP contribution in [0.5, 0.6) is 0 Å². The first-order valence-corrected chi connectivity index (χ1v) is 12.4. The molecule has 200 valence electrons. The van der Waals surface area contributed by atoms with E-state index >= 15 is 8.78 Å². The van der Waals surface area contributed by atoms with Crippen molar-refractivity contribution in [2.75, 3.05) is 19.7 Å². The quantitative estimate of drug-likeness (QED) is 0.410. The summed E-state index contributed by atoms with van der Waals surface area (Å²) in [7, 11) is 0. The third kappa shape index (κ3) is 5.24. The average Bonchev–Trinajstić information content (AvgIpc) is 3.41. The van der Waals surface area contributed by atoms with Crippen LogP contribution in [0.1, 0.15) is 37.9 Å². The number of rotatable bonds is 4. The van der Waals surface area contributed by atoms with E-state index in [1.54, 1.807) is 11.8 Å². The molecule has 1 N–H and O–H groups in total. The zero-order valence-electron chi connectivity index (χ0n) is 22.0. The normalized spacial score (nSPS) is 16.3. The Balaban J connectivity index is 1.52. The number of benzene rings is 1. The summed E-state index contributed by atoms with van der Waals surface area (Å²) in [5.41, 5.74) is 1.64. The second-order valence-corrected chi connectivity index (χ2v) is 10.5. The molecule has 1 aliphatic heterocycles. The van der Waals surface area contributed by atoms with Gasteiger partial charge >= 0.3 is 6.09 Å². The number of hydrogen-bond donors (Lipinski definition) is 1. The van der Waals surface area contributed by atoms with Crippen molar-refractivity contribution in [2.45, 2.75) is 52.7 Å². The Labute approximate surface area is 218 Å². The Morgan fingerprint density at radius 1 is 1.18 bits per heavy atom. The summed E-state index contributed by atoms with van der Waals surface area (Å²) >= 11 is 0. The first-order chi connectivity index (χ1) is 18.0. The summed E-state index contributed by atoms with van der Waals surface area (Å²) in [6.07, 6.45) is 1.26. The van der Waals surface area contributed by atoms with E-state index in [2.05, 4.69) is 20.2 Å². The Bertz CT molecular complexity index is 1480. The molecule has 4 aromatic rings. The van der Waals surface area contributed by atoms with E-state index in [4.69, 9.17) is 9.47 Å². The molecule has 1 amide bonds. The second kappa shape index (κ2) is 9.79. The number of morpholine rings is 1. The highest BCUT2D eigenvalue weighted by Crippen LogP contribution is 2.33. The van der Waals surface area contributed by atoms with Crippen LogP contribution in [-0.2, 0) is 15.9 Å². The molecule has 38 heavy (non-hydrogen) atoms. The molecular formula is C27H30F2N6O3. The molecule has 4 heterocycles. The Kier molecular flexibility index (Phi) is 6.64. The first-order valence-electron chi connectivity index (χ1n) is 12.4. The molecule has 0 saturated carbocycles. The lowest BCUT2D eigenvalue weighted by molar-refractivity contribution is -0.0418. The maximum Gasteiger partial charge on any atom is 0.410 e. The number of pyridine rings is 1. The predicted octanol–water partition coefficient (Wildman–Crippen LogP) is 4.86. The van der Waals surface area contributed by atoms with Gasteiger partial charge in [-0.05, 0) is 64.4 Å². The Morgan fingerprint density at radius 3 is 2.58 bits per heavy atom. The maximum atomic E-state index is 15.5. The minimum absolute atomic E-state index is 0.182. The van der Waals surface area contributed by atoms with E-state index in [9.17, 15) is 4.79 Å². The van der Waals surface area contributed by atoms with Crippen molar-refractivity contribution >= 4 is 11.7 Å². The van der Waals surface area contributed by atoms with Crippen molar-refractivity contribution < 1.29 is 23.0 Å². The number of ether oxygens (including phenoxy) is 2. The fourth-order valence-electron chi connectivity index (χ4n) is 4.54. The molecule has 5 rings (SSSR count). The van der Waals surface area contributed by atoms with Gasteiger partial charge in [-0.25, -0.2) is 23.5 Å². The van der Waals surface area contributed by atoms with Crippen LogP contribution >= 0.6 is 0 Å². The number of imidazole rings is 1. The minimum atomic E-state index is -0.774. The smallest absolute Gasteiger partial charge is 0.410 e. The van der Waals surface area contributed by atoms with Gasteiger partial charge in [-0.3, -0.25) is 5.10 Å².